The molecule has 0 fully saturated rings. The zero-order chi connectivity index (χ0) is 12.1. The van der Waals surface area contributed by atoms with Gasteiger partial charge in [-0.1, -0.05) is 18.2 Å². The molecule has 0 aliphatic rings. The van der Waals surface area contributed by atoms with E-state index in [1.807, 2.05) is 32.0 Å². The van der Waals surface area contributed by atoms with E-state index in [0.29, 0.717) is 6.42 Å². The zero-order valence-corrected chi connectivity index (χ0v) is 10.1. The summed E-state index contributed by atoms with van der Waals surface area (Å²) < 4.78 is 0. The first-order valence-electron chi connectivity index (χ1n) is 4.89. The maximum Gasteiger partial charge on any atom is 0.242 e. The van der Waals surface area contributed by atoms with Gasteiger partial charge in [-0.3, -0.25) is 15.6 Å². The van der Waals surface area contributed by atoms with Gasteiger partial charge in [0.05, 0.1) is 6.42 Å². The Bertz CT molecular complexity index is 418. The molecule has 0 saturated heterocycles. The number of carbonyl (C=O) groups is 1. The standard InChI is InChI=1S/C11H15N3OS/c1-7-3-4-9(5-8(7)2)6-10(15)13-14-11(12)16/h3-5H,6H2,1-2H3,(H,13,15)(H3,12,14,16). The fourth-order valence-electron chi connectivity index (χ4n) is 1.27. The number of amides is 1. The molecule has 1 rings (SSSR count). The molecule has 0 aromatic heterocycles. The Balaban J connectivity index is 2.56. The van der Waals surface area contributed by atoms with Gasteiger partial charge in [-0.25, -0.2) is 0 Å². The van der Waals surface area contributed by atoms with Crippen LogP contribution in [0.25, 0.3) is 0 Å². The van der Waals surface area contributed by atoms with Gasteiger partial charge in [0, 0.05) is 0 Å². The molecule has 1 aromatic rings. The Morgan fingerprint density at radius 2 is 2.00 bits per heavy atom. The minimum absolute atomic E-state index is 0.0495. The largest absolute Gasteiger partial charge is 0.375 e. The number of carbonyl (C=O) groups excluding carboxylic acids is 1. The topological polar surface area (TPSA) is 67.2 Å². The van der Waals surface area contributed by atoms with Crippen molar-refractivity contribution in [2.45, 2.75) is 20.3 Å². The van der Waals surface area contributed by atoms with Crippen LogP contribution in [-0.4, -0.2) is 11.0 Å². The molecule has 5 heteroatoms. The quantitative estimate of drug-likeness (QED) is 0.523. The fourth-order valence-corrected chi connectivity index (χ4v) is 1.33. The van der Waals surface area contributed by atoms with Crippen LogP contribution >= 0.6 is 12.2 Å². The third-order valence-corrected chi connectivity index (χ3v) is 2.36. The highest BCUT2D eigenvalue weighted by molar-refractivity contribution is 7.80. The number of rotatable bonds is 2. The van der Waals surface area contributed by atoms with Gasteiger partial charge >= 0.3 is 0 Å². The number of nitrogens with one attached hydrogen (secondary N) is 2. The average Bonchev–Trinajstić information content (AvgIpc) is 2.21. The van der Waals surface area contributed by atoms with Crippen molar-refractivity contribution < 1.29 is 4.79 Å². The molecule has 1 aromatic carbocycles. The molecule has 0 aliphatic heterocycles. The summed E-state index contributed by atoms with van der Waals surface area (Å²) in [6.45, 7) is 4.05. The van der Waals surface area contributed by atoms with Gasteiger partial charge in [0.25, 0.3) is 0 Å². The van der Waals surface area contributed by atoms with Crippen LogP contribution in [0.4, 0.5) is 0 Å². The molecule has 1 amide bonds. The first-order valence-corrected chi connectivity index (χ1v) is 5.30. The van der Waals surface area contributed by atoms with Gasteiger partial charge in [0.1, 0.15) is 0 Å². The molecule has 4 nitrogen and oxygen atoms in total. The summed E-state index contributed by atoms with van der Waals surface area (Å²) in [5.74, 6) is -0.170. The van der Waals surface area contributed by atoms with Crippen molar-refractivity contribution in [2.75, 3.05) is 0 Å². The molecule has 0 spiro atoms. The molecular formula is C11H15N3OS. The maximum atomic E-state index is 11.4. The number of hydrazine groups is 1. The summed E-state index contributed by atoms with van der Waals surface area (Å²) in [6, 6.07) is 5.93. The van der Waals surface area contributed by atoms with Crippen molar-refractivity contribution in [3.63, 3.8) is 0 Å². The third-order valence-electron chi connectivity index (χ3n) is 2.26. The van der Waals surface area contributed by atoms with Crippen LogP contribution in [0.5, 0.6) is 0 Å². The Morgan fingerprint density at radius 1 is 1.31 bits per heavy atom. The number of aryl methyl sites for hydroxylation is 2. The highest BCUT2D eigenvalue weighted by Crippen LogP contribution is 2.09. The number of benzene rings is 1. The van der Waals surface area contributed by atoms with Gasteiger partial charge in [-0.2, -0.15) is 0 Å². The van der Waals surface area contributed by atoms with Crippen LogP contribution in [0.2, 0.25) is 0 Å². The third kappa shape index (κ3) is 3.86. The number of hydrogen-bond donors (Lipinski definition) is 3. The van der Waals surface area contributed by atoms with Crippen molar-refractivity contribution in [1.82, 2.24) is 10.9 Å². The Morgan fingerprint density at radius 3 is 2.56 bits per heavy atom. The molecule has 0 heterocycles. The predicted octanol–water partition coefficient (Wildman–Crippen LogP) is 0.710. The smallest absolute Gasteiger partial charge is 0.242 e. The summed E-state index contributed by atoms with van der Waals surface area (Å²) in [7, 11) is 0. The number of nitrogens with two attached hydrogens (primary N) is 1. The second-order valence-electron chi connectivity index (χ2n) is 3.63. The van der Waals surface area contributed by atoms with Gasteiger partial charge in [0.15, 0.2) is 5.11 Å². The van der Waals surface area contributed by atoms with Gasteiger partial charge in [0.2, 0.25) is 5.91 Å². The molecule has 0 aliphatic carbocycles. The van der Waals surface area contributed by atoms with Crippen molar-refractivity contribution >= 4 is 23.2 Å². The summed E-state index contributed by atoms with van der Waals surface area (Å²) in [5.41, 5.74) is 13.3. The maximum absolute atomic E-state index is 11.4. The Kier molecular flexibility index (Phi) is 4.25. The average molecular weight is 237 g/mol. The van der Waals surface area contributed by atoms with E-state index in [-0.39, 0.29) is 11.0 Å². The molecular weight excluding hydrogens is 222 g/mol. The van der Waals surface area contributed by atoms with Crippen LogP contribution in [0.1, 0.15) is 16.7 Å². The summed E-state index contributed by atoms with van der Waals surface area (Å²) in [6.07, 6.45) is 0.302. The zero-order valence-electron chi connectivity index (χ0n) is 9.33. The summed E-state index contributed by atoms with van der Waals surface area (Å²) >= 11 is 4.57. The van der Waals surface area contributed by atoms with Crippen molar-refractivity contribution in [3.8, 4) is 0 Å². The lowest BCUT2D eigenvalue weighted by atomic mass is 10.0. The van der Waals surface area contributed by atoms with E-state index in [2.05, 4.69) is 23.1 Å². The molecule has 0 saturated carbocycles. The lowest BCUT2D eigenvalue weighted by molar-refractivity contribution is -0.121. The van der Waals surface area contributed by atoms with E-state index in [1.54, 1.807) is 0 Å². The first kappa shape index (κ1) is 12.4. The van der Waals surface area contributed by atoms with Crippen molar-refractivity contribution in [2.24, 2.45) is 5.73 Å². The predicted molar refractivity (Wildman–Crippen MR) is 67.7 cm³/mol. The minimum atomic E-state index is -0.170. The summed E-state index contributed by atoms with van der Waals surface area (Å²) in [4.78, 5) is 11.4. The number of thiocarbonyl (C=S) groups is 1. The van der Waals surface area contributed by atoms with Gasteiger partial charge in [-0.15, -0.1) is 0 Å². The lowest BCUT2D eigenvalue weighted by Gasteiger charge is -2.07. The van der Waals surface area contributed by atoms with Crippen LogP contribution in [-0.2, 0) is 11.2 Å². The van der Waals surface area contributed by atoms with Crippen LogP contribution < -0.4 is 16.6 Å². The SMILES string of the molecule is Cc1ccc(CC(=O)NNC(N)=S)cc1C. The minimum Gasteiger partial charge on any atom is -0.375 e. The molecule has 0 atom stereocenters. The van der Waals surface area contributed by atoms with Crippen LogP contribution in [0, 0.1) is 13.8 Å². The Labute approximate surface area is 100 Å². The normalized spacial score (nSPS) is 9.62. The van der Waals surface area contributed by atoms with E-state index in [1.165, 1.54) is 11.1 Å². The van der Waals surface area contributed by atoms with E-state index in [4.69, 9.17) is 5.73 Å². The van der Waals surface area contributed by atoms with E-state index in [9.17, 15) is 4.79 Å². The Hall–Kier alpha value is -1.62. The molecule has 0 radical (unpaired) electrons. The highest BCUT2D eigenvalue weighted by Gasteiger charge is 2.03. The first-order chi connectivity index (χ1) is 7.49. The monoisotopic (exact) mass is 237 g/mol. The molecule has 4 N–H and O–H groups in total. The second kappa shape index (κ2) is 5.46. The molecule has 16 heavy (non-hydrogen) atoms. The lowest BCUT2D eigenvalue weighted by Crippen LogP contribution is -2.44. The fraction of sp³-hybridized carbons (Fsp3) is 0.273. The van der Waals surface area contributed by atoms with Gasteiger partial charge < -0.3 is 5.73 Å². The van der Waals surface area contributed by atoms with E-state index < -0.39 is 0 Å². The van der Waals surface area contributed by atoms with Crippen molar-refractivity contribution in [3.05, 3.63) is 34.9 Å². The number of hydrogen-bond acceptors (Lipinski definition) is 2. The summed E-state index contributed by atoms with van der Waals surface area (Å²) in [5, 5.41) is 0.0495. The van der Waals surface area contributed by atoms with Crippen molar-refractivity contribution in [1.29, 1.82) is 0 Å². The second-order valence-corrected chi connectivity index (χ2v) is 4.07. The van der Waals surface area contributed by atoms with Crippen LogP contribution in [0.3, 0.4) is 0 Å². The highest BCUT2D eigenvalue weighted by atomic mass is 32.1. The molecule has 0 unspecified atom stereocenters. The van der Waals surface area contributed by atoms with Gasteiger partial charge in [-0.05, 0) is 42.8 Å². The molecule has 0 bridgehead atoms. The van der Waals surface area contributed by atoms with E-state index in [0.717, 1.165) is 5.56 Å². The van der Waals surface area contributed by atoms with E-state index >= 15 is 0 Å². The van der Waals surface area contributed by atoms with Crippen LogP contribution in [0.15, 0.2) is 18.2 Å². The molecule has 86 valence electrons.